The third-order valence-corrected chi connectivity index (χ3v) is 4.79. The maximum Gasteiger partial charge on any atom is 0.252 e. The average molecular weight is 336 g/mol. The van der Waals surface area contributed by atoms with Crippen LogP contribution in [0.2, 0.25) is 0 Å². The normalized spacial score (nSPS) is 16.3. The number of carbonyl (C=O) groups excluding carboxylic acids is 2. The number of amides is 2. The summed E-state index contributed by atoms with van der Waals surface area (Å²) in [7, 11) is 0. The molecule has 2 amide bonds. The summed E-state index contributed by atoms with van der Waals surface area (Å²) in [4.78, 5) is 27.5. The van der Waals surface area contributed by atoms with Crippen LogP contribution in [0.1, 0.15) is 41.7 Å². The zero-order valence-electron chi connectivity index (χ0n) is 14.5. The van der Waals surface area contributed by atoms with Gasteiger partial charge in [0.05, 0.1) is 0 Å². The number of benzene rings is 2. The minimum Gasteiger partial charge on any atom is -0.341 e. The van der Waals surface area contributed by atoms with E-state index in [2.05, 4.69) is 12.2 Å². The van der Waals surface area contributed by atoms with Crippen molar-refractivity contribution in [2.24, 2.45) is 5.92 Å². The van der Waals surface area contributed by atoms with Gasteiger partial charge in [0.2, 0.25) is 5.91 Å². The van der Waals surface area contributed by atoms with Crippen molar-refractivity contribution in [3.8, 4) is 0 Å². The molecule has 0 saturated carbocycles. The molecular formula is C21H24N2O2. The van der Waals surface area contributed by atoms with Crippen LogP contribution in [-0.4, -0.2) is 29.8 Å². The average Bonchev–Trinajstić information content (AvgIpc) is 2.67. The Morgan fingerprint density at radius 1 is 0.960 bits per heavy atom. The quantitative estimate of drug-likeness (QED) is 0.930. The summed E-state index contributed by atoms with van der Waals surface area (Å²) < 4.78 is 0. The van der Waals surface area contributed by atoms with Gasteiger partial charge >= 0.3 is 0 Å². The molecule has 0 aliphatic carbocycles. The Morgan fingerprint density at radius 2 is 1.52 bits per heavy atom. The third kappa shape index (κ3) is 4.27. The van der Waals surface area contributed by atoms with Crippen LogP contribution in [0, 0.1) is 5.92 Å². The van der Waals surface area contributed by atoms with E-state index < -0.39 is 6.04 Å². The van der Waals surface area contributed by atoms with Gasteiger partial charge < -0.3 is 10.2 Å². The Balaban J connectivity index is 1.80. The fourth-order valence-electron chi connectivity index (χ4n) is 3.15. The molecule has 1 fully saturated rings. The van der Waals surface area contributed by atoms with Gasteiger partial charge in [-0.25, -0.2) is 0 Å². The van der Waals surface area contributed by atoms with Gasteiger partial charge in [-0.3, -0.25) is 9.59 Å². The van der Waals surface area contributed by atoms with E-state index >= 15 is 0 Å². The van der Waals surface area contributed by atoms with Crippen molar-refractivity contribution >= 4 is 11.8 Å². The number of piperidine rings is 1. The molecule has 1 aliphatic heterocycles. The van der Waals surface area contributed by atoms with Crippen LogP contribution in [0.15, 0.2) is 60.7 Å². The van der Waals surface area contributed by atoms with E-state index in [9.17, 15) is 9.59 Å². The molecule has 0 aromatic heterocycles. The van der Waals surface area contributed by atoms with Crippen molar-refractivity contribution in [1.82, 2.24) is 10.2 Å². The molecule has 0 spiro atoms. The lowest BCUT2D eigenvalue weighted by Gasteiger charge is -2.33. The van der Waals surface area contributed by atoms with Crippen LogP contribution in [-0.2, 0) is 4.79 Å². The number of nitrogens with one attached hydrogen (secondary N) is 1. The smallest absolute Gasteiger partial charge is 0.252 e. The van der Waals surface area contributed by atoms with Crippen molar-refractivity contribution in [2.75, 3.05) is 13.1 Å². The summed E-state index contributed by atoms with van der Waals surface area (Å²) >= 11 is 0. The molecule has 1 aliphatic rings. The predicted molar refractivity (Wildman–Crippen MR) is 98.1 cm³/mol. The van der Waals surface area contributed by atoms with Crippen LogP contribution < -0.4 is 5.32 Å². The second-order valence-corrected chi connectivity index (χ2v) is 6.69. The lowest BCUT2D eigenvalue weighted by atomic mass is 9.97. The molecule has 2 aromatic carbocycles. The van der Waals surface area contributed by atoms with Crippen LogP contribution in [0.5, 0.6) is 0 Å². The molecule has 0 bridgehead atoms. The van der Waals surface area contributed by atoms with Crippen molar-refractivity contribution < 1.29 is 9.59 Å². The molecule has 2 aromatic rings. The van der Waals surface area contributed by atoms with Crippen LogP contribution in [0.3, 0.4) is 0 Å². The van der Waals surface area contributed by atoms with E-state index in [0.29, 0.717) is 11.5 Å². The molecule has 25 heavy (non-hydrogen) atoms. The van der Waals surface area contributed by atoms with Gasteiger partial charge in [0.1, 0.15) is 6.04 Å². The van der Waals surface area contributed by atoms with Gasteiger partial charge in [0.25, 0.3) is 5.91 Å². The molecule has 4 nitrogen and oxygen atoms in total. The van der Waals surface area contributed by atoms with Gasteiger partial charge in [0.15, 0.2) is 0 Å². The maximum absolute atomic E-state index is 13.1. The van der Waals surface area contributed by atoms with E-state index in [0.717, 1.165) is 31.5 Å². The third-order valence-electron chi connectivity index (χ3n) is 4.79. The van der Waals surface area contributed by atoms with Crippen LogP contribution in [0.4, 0.5) is 0 Å². The molecule has 4 heteroatoms. The first-order valence-electron chi connectivity index (χ1n) is 8.85. The Labute approximate surface area is 148 Å². The minimum absolute atomic E-state index is 0.0256. The Morgan fingerprint density at radius 3 is 2.12 bits per heavy atom. The summed E-state index contributed by atoms with van der Waals surface area (Å²) in [6, 6.07) is 17.8. The van der Waals surface area contributed by atoms with Gasteiger partial charge in [-0.1, -0.05) is 55.5 Å². The Kier molecular flexibility index (Phi) is 5.49. The fraction of sp³-hybridized carbons (Fsp3) is 0.333. The maximum atomic E-state index is 13.1. The summed E-state index contributed by atoms with van der Waals surface area (Å²) in [6.45, 7) is 3.72. The van der Waals surface area contributed by atoms with Crippen LogP contribution in [0.25, 0.3) is 0 Å². The first-order valence-corrected chi connectivity index (χ1v) is 8.85. The molecule has 1 saturated heterocycles. The van der Waals surface area contributed by atoms with E-state index in [1.54, 1.807) is 12.1 Å². The monoisotopic (exact) mass is 336 g/mol. The largest absolute Gasteiger partial charge is 0.341 e. The number of hydrogen-bond donors (Lipinski definition) is 1. The highest BCUT2D eigenvalue weighted by atomic mass is 16.2. The first kappa shape index (κ1) is 17.2. The van der Waals surface area contributed by atoms with Crippen molar-refractivity contribution in [1.29, 1.82) is 0 Å². The fourth-order valence-corrected chi connectivity index (χ4v) is 3.15. The van der Waals surface area contributed by atoms with Gasteiger partial charge in [-0.05, 0) is 36.5 Å². The highest BCUT2D eigenvalue weighted by Gasteiger charge is 2.29. The second-order valence-electron chi connectivity index (χ2n) is 6.69. The lowest BCUT2D eigenvalue weighted by Crippen LogP contribution is -2.45. The van der Waals surface area contributed by atoms with Crippen molar-refractivity contribution in [2.45, 2.75) is 25.8 Å². The van der Waals surface area contributed by atoms with E-state index in [1.165, 1.54) is 0 Å². The highest BCUT2D eigenvalue weighted by Crippen LogP contribution is 2.22. The molecule has 130 valence electrons. The number of rotatable bonds is 4. The summed E-state index contributed by atoms with van der Waals surface area (Å²) in [6.07, 6.45) is 2.03. The molecule has 0 radical (unpaired) electrons. The Hall–Kier alpha value is -2.62. The van der Waals surface area contributed by atoms with Crippen LogP contribution >= 0.6 is 0 Å². The molecule has 3 rings (SSSR count). The zero-order chi connectivity index (χ0) is 17.6. The number of likely N-dealkylation sites (tertiary alicyclic amines) is 1. The molecule has 1 heterocycles. The second kappa shape index (κ2) is 7.97. The summed E-state index contributed by atoms with van der Waals surface area (Å²) in [5, 5.41) is 2.93. The summed E-state index contributed by atoms with van der Waals surface area (Å²) in [5.41, 5.74) is 1.37. The number of nitrogens with zero attached hydrogens (tertiary/aromatic N) is 1. The SMILES string of the molecule is CC1CCN(C(=O)[C@@H](NC(=O)c2ccccc2)c2ccccc2)CC1. The summed E-state index contributed by atoms with van der Waals surface area (Å²) in [5.74, 6) is 0.397. The topological polar surface area (TPSA) is 49.4 Å². The van der Waals surface area contributed by atoms with E-state index in [1.807, 2.05) is 53.4 Å². The van der Waals surface area contributed by atoms with Gasteiger partial charge in [0, 0.05) is 18.7 Å². The molecule has 0 unspecified atom stereocenters. The Bertz CT molecular complexity index is 707. The van der Waals surface area contributed by atoms with Gasteiger partial charge in [-0.2, -0.15) is 0 Å². The lowest BCUT2D eigenvalue weighted by molar-refractivity contribution is -0.134. The number of carbonyl (C=O) groups is 2. The van der Waals surface area contributed by atoms with E-state index in [-0.39, 0.29) is 11.8 Å². The number of hydrogen-bond acceptors (Lipinski definition) is 2. The van der Waals surface area contributed by atoms with Crippen molar-refractivity contribution in [3.05, 3.63) is 71.8 Å². The van der Waals surface area contributed by atoms with Gasteiger partial charge in [-0.15, -0.1) is 0 Å². The molecular weight excluding hydrogens is 312 g/mol. The zero-order valence-corrected chi connectivity index (χ0v) is 14.5. The predicted octanol–water partition coefficient (Wildman–Crippen LogP) is 3.42. The first-order chi connectivity index (χ1) is 12.1. The standard InChI is InChI=1S/C21H24N2O2/c1-16-12-14-23(15-13-16)21(25)19(17-8-4-2-5-9-17)22-20(24)18-10-6-3-7-11-18/h2-11,16,19H,12-15H2,1H3,(H,22,24)/t19-/m0/s1. The van der Waals surface area contributed by atoms with E-state index in [4.69, 9.17) is 0 Å². The highest BCUT2D eigenvalue weighted by molar-refractivity contribution is 5.97. The molecule has 1 N–H and O–H groups in total. The van der Waals surface area contributed by atoms with Crippen molar-refractivity contribution in [3.63, 3.8) is 0 Å². The molecule has 1 atom stereocenters. The minimum atomic E-state index is -0.651.